The Bertz CT molecular complexity index is 1070. The highest BCUT2D eigenvalue weighted by Gasteiger charge is 2.29. The minimum absolute atomic E-state index is 0.0277. The van der Waals surface area contributed by atoms with Gasteiger partial charge in [-0.1, -0.05) is 18.9 Å². The van der Waals surface area contributed by atoms with Crippen LogP contribution in [0.2, 0.25) is 0 Å². The summed E-state index contributed by atoms with van der Waals surface area (Å²) < 4.78 is 17.5. The Labute approximate surface area is 219 Å². The number of benzene rings is 2. The van der Waals surface area contributed by atoms with Crippen LogP contribution in [0.1, 0.15) is 73.7 Å². The first-order valence-electron chi connectivity index (χ1n) is 13.7. The number of methoxy groups -OCH3 is 1. The van der Waals surface area contributed by atoms with E-state index in [1.807, 2.05) is 47.4 Å². The second-order valence-electron chi connectivity index (χ2n) is 10.4. The molecule has 3 aliphatic rings. The summed E-state index contributed by atoms with van der Waals surface area (Å²) in [5.74, 6) is 1.55. The number of carbonyl (C=O) groups is 2. The Morgan fingerprint density at radius 3 is 2.46 bits per heavy atom. The van der Waals surface area contributed by atoms with Crippen molar-refractivity contribution in [3.8, 4) is 11.5 Å². The summed E-state index contributed by atoms with van der Waals surface area (Å²) in [7, 11) is 1.65. The minimum Gasteiger partial charge on any atom is -0.493 e. The van der Waals surface area contributed by atoms with E-state index in [2.05, 4.69) is 0 Å². The molecule has 198 valence electrons. The van der Waals surface area contributed by atoms with Gasteiger partial charge in [0.05, 0.1) is 13.2 Å². The quantitative estimate of drug-likeness (QED) is 0.458. The zero-order valence-electron chi connectivity index (χ0n) is 21.8. The van der Waals surface area contributed by atoms with Crippen LogP contribution < -0.4 is 14.4 Å². The molecule has 2 aliphatic heterocycles. The number of anilines is 1. The first-order valence-corrected chi connectivity index (χ1v) is 13.7. The van der Waals surface area contributed by atoms with Crippen LogP contribution in [0.25, 0.3) is 0 Å². The fourth-order valence-electron chi connectivity index (χ4n) is 5.70. The van der Waals surface area contributed by atoms with Crippen LogP contribution in [0, 0.1) is 0 Å². The van der Waals surface area contributed by atoms with Crippen molar-refractivity contribution in [2.45, 2.75) is 76.5 Å². The van der Waals surface area contributed by atoms with E-state index in [9.17, 15) is 9.59 Å². The first kappa shape index (κ1) is 25.6. The summed E-state index contributed by atoms with van der Waals surface area (Å²) in [5.41, 5.74) is 2.53. The van der Waals surface area contributed by atoms with Gasteiger partial charge in [0, 0.05) is 43.4 Å². The number of hydrogen-bond acceptors (Lipinski definition) is 5. The van der Waals surface area contributed by atoms with Crippen LogP contribution >= 0.6 is 0 Å². The van der Waals surface area contributed by atoms with Gasteiger partial charge in [0.25, 0.3) is 5.91 Å². The number of carbonyl (C=O) groups excluding carboxylic acids is 2. The number of nitrogens with zero attached hydrogens (tertiary/aromatic N) is 2. The summed E-state index contributed by atoms with van der Waals surface area (Å²) >= 11 is 0. The van der Waals surface area contributed by atoms with Crippen LogP contribution in [0.5, 0.6) is 11.5 Å². The summed E-state index contributed by atoms with van der Waals surface area (Å²) in [5, 5.41) is 0. The van der Waals surface area contributed by atoms with Crippen molar-refractivity contribution in [3.05, 3.63) is 53.6 Å². The largest absolute Gasteiger partial charge is 0.493 e. The number of rotatable bonds is 9. The van der Waals surface area contributed by atoms with Gasteiger partial charge in [0.2, 0.25) is 5.91 Å². The van der Waals surface area contributed by atoms with Crippen LogP contribution in [0.4, 0.5) is 5.69 Å². The molecule has 37 heavy (non-hydrogen) atoms. The Balaban J connectivity index is 1.29. The maximum Gasteiger partial charge on any atom is 0.254 e. The molecule has 0 N–H and O–H groups in total. The van der Waals surface area contributed by atoms with E-state index in [1.165, 1.54) is 6.42 Å². The number of amides is 2. The van der Waals surface area contributed by atoms with Crippen molar-refractivity contribution >= 4 is 17.5 Å². The Kier molecular flexibility index (Phi) is 8.29. The summed E-state index contributed by atoms with van der Waals surface area (Å²) in [6, 6.07) is 13.7. The van der Waals surface area contributed by atoms with Crippen molar-refractivity contribution in [1.82, 2.24) is 4.90 Å². The molecule has 7 heteroatoms. The molecule has 1 atom stereocenters. The third kappa shape index (κ3) is 6.09. The molecule has 3 fully saturated rings. The zero-order chi connectivity index (χ0) is 25.6. The predicted molar refractivity (Wildman–Crippen MR) is 142 cm³/mol. The van der Waals surface area contributed by atoms with Crippen LogP contribution in [0.3, 0.4) is 0 Å². The lowest BCUT2D eigenvalue weighted by Crippen LogP contribution is -2.38. The lowest BCUT2D eigenvalue weighted by molar-refractivity contribution is -0.117. The SMILES string of the molecule is COc1cc(CN(C(=O)c2ccc(N3CCCC3=O)cc2)C2CCCC2)ccc1OC[C@@H]1CCCCO1. The van der Waals surface area contributed by atoms with Gasteiger partial charge in [0.1, 0.15) is 6.61 Å². The van der Waals surface area contributed by atoms with Gasteiger partial charge in [-0.2, -0.15) is 0 Å². The average molecular weight is 507 g/mol. The molecule has 2 aromatic rings. The van der Waals surface area contributed by atoms with Crippen LogP contribution in [-0.4, -0.2) is 55.7 Å². The highest BCUT2D eigenvalue weighted by Crippen LogP contribution is 2.32. The maximum absolute atomic E-state index is 13.7. The highest BCUT2D eigenvalue weighted by atomic mass is 16.5. The van der Waals surface area contributed by atoms with Crippen molar-refractivity contribution < 1.29 is 23.8 Å². The monoisotopic (exact) mass is 506 g/mol. The van der Waals surface area contributed by atoms with Gasteiger partial charge < -0.3 is 24.0 Å². The van der Waals surface area contributed by atoms with Gasteiger partial charge in [-0.15, -0.1) is 0 Å². The molecule has 0 aromatic heterocycles. The number of hydrogen-bond donors (Lipinski definition) is 0. The molecule has 2 amide bonds. The second-order valence-corrected chi connectivity index (χ2v) is 10.4. The van der Waals surface area contributed by atoms with Gasteiger partial charge >= 0.3 is 0 Å². The van der Waals surface area contributed by atoms with Gasteiger partial charge in [0.15, 0.2) is 11.5 Å². The molecule has 0 unspecified atom stereocenters. The first-order chi connectivity index (χ1) is 18.1. The van der Waals surface area contributed by atoms with E-state index in [-0.39, 0.29) is 24.0 Å². The Morgan fingerprint density at radius 1 is 1.00 bits per heavy atom. The lowest BCUT2D eigenvalue weighted by atomic mass is 10.1. The Hall–Kier alpha value is -3.06. The van der Waals surface area contributed by atoms with Crippen molar-refractivity contribution in [2.75, 3.05) is 31.8 Å². The smallest absolute Gasteiger partial charge is 0.254 e. The average Bonchev–Trinajstić information content (AvgIpc) is 3.63. The van der Waals surface area contributed by atoms with Crippen molar-refractivity contribution in [2.24, 2.45) is 0 Å². The molecule has 5 rings (SSSR count). The van der Waals surface area contributed by atoms with Gasteiger partial charge in [-0.3, -0.25) is 9.59 Å². The van der Waals surface area contributed by atoms with E-state index in [0.29, 0.717) is 36.6 Å². The van der Waals surface area contributed by atoms with Crippen LogP contribution in [-0.2, 0) is 16.1 Å². The normalized spacial score (nSPS) is 20.3. The molecule has 1 aliphatic carbocycles. The molecule has 0 bridgehead atoms. The van der Waals surface area contributed by atoms with Gasteiger partial charge in [-0.05, 0) is 80.5 Å². The molecular weight excluding hydrogens is 468 g/mol. The molecule has 2 saturated heterocycles. The molecule has 7 nitrogen and oxygen atoms in total. The van der Waals surface area contributed by atoms with E-state index in [1.54, 1.807) is 12.0 Å². The fraction of sp³-hybridized carbons (Fsp3) is 0.533. The summed E-state index contributed by atoms with van der Waals surface area (Å²) in [6.45, 7) is 2.57. The molecule has 2 heterocycles. The van der Waals surface area contributed by atoms with Crippen molar-refractivity contribution in [3.63, 3.8) is 0 Å². The Morgan fingerprint density at radius 2 is 1.78 bits per heavy atom. The third-order valence-electron chi connectivity index (χ3n) is 7.81. The summed E-state index contributed by atoms with van der Waals surface area (Å²) in [4.78, 5) is 29.6. The van der Waals surface area contributed by atoms with Gasteiger partial charge in [-0.25, -0.2) is 0 Å². The summed E-state index contributed by atoms with van der Waals surface area (Å²) in [6.07, 6.45) is 9.25. The van der Waals surface area contributed by atoms with E-state index in [0.717, 1.165) is 69.3 Å². The molecular formula is C30H38N2O5. The highest BCUT2D eigenvalue weighted by molar-refractivity contribution is 5.97. The maximum atomic E-state index is 13.7. The lowest BCUT2D eigenvalue weighted by Gasteiger charge is -2.30. The number of ether oxygens (including phenoxy) is 3. The molecule has 0 spiro atoms. The second kappa shape index (κ2) is 12.0. The van der Waals surface area contributed by atoms with E-state index >= 15 is 0 Å². The fourth-order valence-corrected chi connectivity index (χ4v) is 5.70. The van der Waals surface area contributed by atoms with E-state index < -0.39 is 0 Å². The molecule has 2 aromatic carbocycles. The predicted octanol–water partition coefficient (Wildman–Crippen LogP) is 5.35. The van der Waals surface area contributed by atoms with Crippen LogP contribution in [0.15, 0.2) is 42.5 Å². The topological polar surface area (TPSA) is 68.3 Å². The standard InChI is InChI=1S/C30H38N2O5/c1-35-28-19-22(11-16-27(28)37-21-26-9-4-5-18-36-26)20-32(24-7-2-3-8-24)30(34)23-12-14-25(15-13-23)31-17-6-10-29(31)33/h11-16,19,24,26H,2-10,17-18,20-21H2,1H3/t26-/m0/s1. The zero-order valence-corrected chi connectivity index (χ0v) is 21.8. The molecule has 1 saturated carbocycles. The minimum atomic E-state index is 0.0277. The van der Waals surface area contributed by atoms with Crippen molar-refractivity contribution in [1.29, 1.82) is 0 Å². The van der Waals surface area contributed by atoms with E-state index in [4.69, 9.17) is 14.2 Å². The third-order valence-corrected chi connectivity index (χ3v) is 7.81. The molecule has 0 radical (unpaired) electrons.